The van der Waals surface area contributed by atoms with Crippen LogP contribution in [-0.2, 0) is 0 Å². The molecule has 0 fully saturated rings. The van der Waals surface area contributed by atoms with Crippen LogP contribution in [0.2, 0.25) is 0 Å². The van der Waals surface area contributed by atoms with E-state index in [-0.39, 0.29) is 5.78 Å². The first kappa shape index (κ1) is 14.3. The normalized spacial score (nSPS) is 9.78. The number of benzene rings is 1. The molecule has 18 heavy (non-hydrogen) atoms. The fraction of sp³-hybridized carbons (Fsp3) is 0.400. The van der Waals surface area contributed by atoms with Crippen LogP contribution < -0.4 is 9.47 Å². The Kier molecular flexibility index (Phi) is 5.43. The Hall–Kier alpha value is -1.77. The summed E-state index contributed by atoms with van der Waals surface area (Å²) in [7, 11) is 3.14. The standard InChI is InChI=1S/C15H20O3/c1-5-11(6-2)9-14(16)13-8-7-12(17-3)10-15(13)18-4/h7-10H,5-6H2,1-4H3. The van der Waals surface area contributed by atoms with Crippen molar-refractivity contribution in [3.8, 4) is 11.5 Å². The average Bonchev–Trinajstić information content (AvgIpc) is 2.43. The minimum absolute atomic E-state index is 0.0202. The van der Waals surface area contributed by atoms with Crippen LogP contribution in [0.5, 0.6) is 11.5 Å². The van der Waals surface area contributed by atoms with Gasteiger partial charge in [-0.1, -0.05) is 19.4 Å². The Morgan fingerprint density at radius 2 is 1.83 bits per heavy atom. The lowest BCUT2D eigenvalue weighted by Crippen LogP contribution is -2.01. The summed E-state index contributed by atoms with van der Waals surface area (Å²) < 4.78 is 10.3. The van der Waals surface area contributed by atoms with E-state index in [1.807, 2.05) is 13.8 Å². The topological polar surface area (TPSA) is 35.5 Å². The van der Waals surface area contributed by atoms with Crippen LogP contribution in [0, 0.1) is 0 Å². The number of carbonyl (C=O) groups is 1. The van der Waals surface area contributed by atoms with Crippen LogP contribution in [-0.4, -0.2) is 20.0 Å². The molecule has 0 aromatic heterocycles. The van der Waals surface area contributed by atoms with Gasteiger partial charge in [0.05, 0.1) is 19.8 Å². The summed E-state index contributed by atoms with van der Waals surface area (Å²) in [6.07, 6.45) is 3.48. The zero-order valence-corrected chi connectivity index (χ0v) is 11.4. The van der Waals surface area contributed by atoms with E-state index in [0.29, 0.717) is 17.1 Å². The summed E-state index contributed by atoms with van der Waals surface area (Å²) in [6.45, 7) is 4.10. The van der Waals surface area contributed by atoms with Crippen LogP contribution >= 0.6 is 0 Å². The molecular formula is C15H20O3. The van der Waals surface area contributed by atoms with Crippen LogP contribution in [0.15, 0.2) is 29.8 Å². The molecule has 98 valence electrons. The lowest BCUT2D eigenvalue weighted by atomic mass is 10.0. The van der Waals surface area contributed by atoms with Gasteiger partial charge in [-0.3, -0.25) is 4.79 Å². The monoisotopic (exact) mass is 248 g/mol. The van der Waals surface area contributed by atoms with Crippen molar-refractivity contribution < 1.29 is 14.3 Å². The van der Waals surface area contributed by atoms with Crippen molar-refractivity contribution in [2.24, 2.45) is 0 Å². The van der Waals surface area contributed by atoms with Crippen LogP contribution in [0.1, 0.15) is 37.0 Å². The molecule has 1 aromatic carbocycles. The van der Waals surface area contributed by atoms with Gasteiger partial charge in [-0.25, -0.2) is 0 Å². The molecule has 3 nitrogen and oxygen atoms in total. The zero-order valence-electron chi connectivity index (χ0n) is 11.4. The van der Waals surface area contributed by atoms with E-state index in [0.717, 1.165) is 18.4 Å². The number of ketones is 1. The highest BCUT2D eigenvalue weighted by Gasteiger charge is 2.11. The van der Waals surface area contributed by atoms with Gasteiger partial charge in [-0.05, 0) is 31.1 Å². The number of ether oxygens (including phenoxy) is 2. The third-order valence-electron chi connectivity index (χ3n) is 2.92. The van der Waals surface area contributed by atoms with E-state index in [9.17, 15) is 4.79 Å². The third-order valence-corrected chi connectivity index (χ3v) is 2.92. The van der Waals surface area contributed by atoms with E-state index in [1.165, 1.54) is 0 Å². The van der Waals surface area contributed by atoms with Crippen molar-refractivity contribution in [1.82, 2.24) is 0 Å². The molecule has 0 spiro atoms. The number of hydrogen-bond donors (Lipinski definition) is 0. The molecule has 0 unspecified atom stereocenters. The van der Waals surface area contributed by atoms with E-state index < -0.39 is 0 Å². The highest BCUT2D eigenvalue weighted by Crippen LogP contribution is 2.25. The summed E-state index contributed by atoms with van der Waals surface area (Å²) in [5, 5.41) is 0. The molecular weight excluding hydrogens is 228 g/mol. The summed E-state index contributed by atoms with van der Waals surface area (Å²) in [5.41, 5.74) is 1.70. The van der Waals surface area contributed by atoms with Crippen molar-refractivity contribution in [2.75, 3.05) is 14.2 Å². The van der Waals surface area contributed by atoms with Crippen molar-refractivity contribution >= 4 is 5.78 Å². The smallest absolute Gasteiger partial charge is 0.189 e. The number of rotatable bonds is 6. The second-order valence-corrected chi connectivity index (χ2v) is 3.94. The van der Waals surface area contributed by atoms with E-state index in [1.54, 1.807) is 38.5 Å². The van der Waals surface area contributed by atoms with Gasteiger partial charge in [-0.15, -0.1) is 0 Å². The maximum Gasteiger partial charge on any atom is 0.189 e. The lowest BCUT2D eigenvalue weighted by Gasteiger charge is -2.08. The first-order valence-corrected chi connectivity index (χ1v) is 6.12. The Balaban J connectivity index is 3.09. The summed E-state index contributed by atoms with van der Waals surface area (Å²) in [6, 6.07) is 5.22. The van der Waals surface area contributed by atoms with Gasteiger partial charge in [0, 0.05) is 6.07 Å². The van der Waals surface area contributed by atoms with Gasteiger partial charge < -0.3 is 9.47 Å². The van der Waals surface area contributed by atoms with Crippen molar-refractivity contribution in [1.29, 1.82) is 0 Å². The Morgan fingerprint density at radius 3 is 2.33 bits per heavy atom. The molecule has 0 atom stereocenters. The van der Waals surface area contributed by atoms with Crippen LogP contribution in [0.4, 0.5) is 0 Å². The van der Waals surface area contributed by atoms with E-state index in [4.69, 9.17) is 9.47 Å². The molecule has 3 heteroatoms. The maximum atomic E-state index is 12.2. The number of hydrogen-bond acceptors (Lipinski definition) is 3. The predicted octanol–water partition coefficient (Wildman–Crippen LogP) is 3.63. The maximum absolute atomic E-state index is 12.2. The van der Waals surface area contributed by atoms with Crippen molar-refractivity contribution in [3.63, 3.8) is 0 Å². The molecule has 0 aliphatic heterocycles. The molecule has 1 rings (SSSR count). The predicted molar refractivity (Wildman–Crippen MR) is 72.5 cm³/mol. The minimum Gasteiger partial charge on any atom is -0.497 e. The van der Waals surface area contributed by atoms with Gasteiger partial charge in [0.15, 0.2) is 5.78 Å². The van der Waals surface area contributed by atoms with Crippen molar-refractivity contribution in [3.05, 3.63) is 35.4 Å². The van der Waals surface area contributed by atoms with Gasteiger partial charge in [0.1, 0.15) is 11.5 Å². The second kappa shape index (κ2) is 6.84. The minimum atomic E-state index is -0.0202. The summed E-state index contributed by atoms with van der Waals surface area (Å²) in [5.74, 6) is 1.20. The molecule has 0 bridgehead atoms. The largest absolute Gasteiger partial charge is 0.497 e. The van der Waals surface area contributed by atoms with Gasteiger partial charge in [0.25, 0.3) is 0 Å². The Bertz CT molecular complexity index is 441. The van der Waals surface area contributed by atoms with Crippen LogP contribution in [0.25, 0.3) is 0 Å². The summed E-state index contributed by atoms with van der Waals surface area (Å²) >= 11 is 0. The van der Waals surface area contributed by atoms with Gasteiger partial charge in [-0.2, -0.15) is 0 Å². The molecule has 0 aliphatic carbocycles. The Labute approximate surface area is 108 Å². The van der Waals surface area contributed by atoms with Crippen molar-refractivity contribution in [2.45, 2.75) is 26.7 Å². The zero-order chi connectivity index (χ0) is 13.5. The second-order valence-electron chi connectivity index (χ2n) is 3.94. The molecule has 0 amide bonds. The highest BCUT2D eigenvalue weighted by molar-refractivity contribution is 6.07. The number of allylic oxidation sites excluding steroid dienone is 2. The number of carbonyl (C=O) groups excluding carboxylic acids is 1. The fourth-order valence-corrected chi connectivity index (χ4v) is 1.72. The van der Waals surface area contributed by atoms with E-state index >= 15 is 0 Å². The first-order chi connectivity index (χ1) is 8.65. The lowest BCUT2D eigenvalue weighted by molar-refractivity contribution is 0.104. The van der Waals surface area contributed by atoms with Gasteiger partial charge >= 0.3 is 0 Å². The molecule has 0 radical (unpaired) electrons. The average molecular weight is 248 g/mol. The fourth-order valence-electron chi connectivity index (χ4n) is 1.72. The first-order valence-electron chi connectivity index (χ1n) is 6.12. The molecule has 0 aliphatic rings. The summed E-state index contributed by atoms with van der Waals surface area (Å²) in [4.78, 5) is 12.2. The number of methoxy groups -OCH3 is 2. The quantitative estimate of drug-likeness (QED) is 0.569. The highest BCUT2D eigenvalue weighted by atomic mass is 16.5. The molecule has 0 N–H and O–H groups in total. The Morgan fingerprint density at radius 1 is 1.17 bits per heavy atom. The van der Waals surface area contributed by atoms with Crippen LogP contribution in [0.3, 0.4) is 0 Å². The SMILES string of the molecule is CCC(=CC(=O)c1ccc(OC)cc1OC)CC. The third kappa shape index (κ3) is 3.36. The molecule has 0 saturated carbocycles. The molecule has 0 heterocycles. The molecule has 1 aromatic rings. The molecule has 0 saturated heterocycles. The van der Waals surface area contributed by atoms with E-state index in [2.05, 4.69) is 0 Å². The van der Waals surface area contributed by atoms with Gasteiger partial charge in [0.2, 0.25) is 0 Å².